The van der Waals surface area contributed by atoms with Gasteiger partial charge in [0.15, 0.2) is 0 Å². The molecule has 1 aromatic carbocycles. The molecule has 0 aromatic heterocycles. The first-order valence-corrected chi connectivity index (χ1v) is 8.81. The summed E-state index contributed by atoms with van der Waals surface area (Å²) < 4.78 is 0. The monoisotopic (exact) mass is 305 g/mol. The molecule has 4 heteroatoms. The van der Waals surface area contributed by atoms with Crippen LogP contribution in [0.4, 0.5) is 0 Å². The van der Waals surface area contributed by atoms with Crippen molar-refractivity contribution in [3.63, 3.8) is 0 Å². The summed E-state index contributed by atoms with van der Waals surface area (Å²) in [5.74, 6) is 1.08. The summed E-state index contributed by atoms with van der Waals surface area (Å²) in [6.45, 7) is 4.73. The first kappa shape index (κ1) is 14.9. The molecule has 0 radical (unpaired) electrons. The van der Waals surface area contributed by atoms with E-state index in [4.69, 9.17) is 0 Å². The van der Waals surface area contributed by atoms with E-state index in [-0.39, 0.29) is 0 Å². The van der Waals surface area contributed by atoms with Crippen molar-refractivity contribution in [3.05, 3.63) is 29.8 Å². The predicted molar refractivity (Wildman–Crippen MR) is 85.9 cm³/mol. The van der Waals surface area contributed by atoms with Crippen molar-refractivity contribution < 1.29 is 9.90 Å². The Kier molecular flexibility index (Phi) is 4.27. The van der Waals surface area contributed by atoms with Crippen LogP contribution in [0.25, 0.3) is 0 Å². The van der Waals surface area contributed by atoms with Crippen LogP contribution in [0.5, 0.6) is 0 Å². The molecule has 0 amide bonds. The molecule has 3 rings (SSSR count). The molecule has 2 heterocycles. The molecule has 0 saturated carbocycles. The molecule has 21 heavy (non-hydrogen) atoms. The Balaban J connectivity index is 1.67. The highest BCUT2D eigenvalue weighted by Gasteiger charge is 2.44. The Hall–Kier alpha value is -1.00. The van der Waals surface area contributed by atoms with E-state index in [1.807, 2.05) is 11.8 Å². The molecule has 0 spiro atoms. The van der Waals surface area contributed by atoms with E-state index in [2.05, 4.69) is 36.1 Å². The van der Waals surface area contributed by atoms with E-state index >= 15 is 0 Å². The van der Waals surface area contributed by atoms with E-state index in [1.54, 1.807) is 0 Å². The largest absolute Gasteiger partial charge is 0.481 e. The van der Waals surface area contributed by atoms with Crippen molar-refractivity contribution in [3.8, 4) is 0 Å². The molecule has 0 bridgehead atoms. The maximum absolute atomic E-state index is 11.7. The fraction of sp³-hybridized carbons (Fsp3) is 0.588. The fourth-order valence-corrected chi connectivity index (χ4v) is 5.01. The number of hydrogen-bond acceptors (Lipinski definition) is 3. The normalized spacial score (nSPS) is 28.7. The zero-order valence-corrected chi connectivity index (χ0v) is 13.4. The van der Waals surface area contributed by atoms with Crippen molar-refractivity contribution in [2.75, 3.05) is 25.4 Å². The number of benzene rings is 1. The number of nitrogens with zero attached hydrogens (tertiary/aromatic N) is 1. The number of thioether (sulfide) groups is 1. The molecule has 2 unspecified atom stereocenters. The van der Waals surface area contributed by atoms with Gasteiger partial charge in [0.2, 0.25) is 0 Å². The Morgan fingerprint density at radius 2 is 2.29 bits per heavy atom. The van der Waals surface area contributed by atoms with Crippen LogP contribution in [0.3, 0.4) is 0 Å². The van der Waals surface area contributed by atoms with Crippen molar-refractivity contribution >= 4 is 17.7 Å². The van der Waals surface area contributed by atoms with Gasteiger partial charge in [0.1, 0.15) is 0 Å². The van der Waals surface area contributed by atoms with Gasteiger partial charge < -0.3 is 10.0 Å². The van der Waals surface area contributed by atoms with Gasteiger partial charge in [-0.2, -0.15) is 0 Å². The van der Waals surface area contributed by atoms with E-state index in [9.17, 15) is 9.90 Å². The lowest BCUT2D eigenvalue weighted by molar-refractivity contribution is -0.148. The van der Waals surface area contributed by atoms with Crippen molar-refractivity contribution in [2.24, 2.45) is 5.41 Å². The predicted octanol–water partition coefficient (Wildman–Crippen LogP) is 3.45. The summed E-state index contributed by atoms with van der Waals surface area (Å²) >= 11 is 1.93. The van der Waals surface area contributed by atoms with Gasteiger partial charge in [0.05, 0.1) is 5.41 Å². The quantitative estimate of drug-likeness (QED) is 0.904. The standard InChI is InChI=1S/C17H23NO2S/c1-2-7-17(16(19)20)8-9-18(12-17)10-13-11-21-15-6-4-3-5-14(13)15/h3-6,13H,2,7-12H2,1H3,(H,19,20). The van der Waals surface area contributed by atoms with Crippen LogP contribution in [0.1, 0.15) is 37.7 Å². The molecule has 0 aliphatic carbocycles. The smallest absolute Gasteiger partial charge is 0.310 e. The molecule has 1 saturated heterocycles. The molecule has 2 atom stereocenters. The van der Waals surface area contributed by atoms with Gasteiger partial charge in [-0.05, 0) is 31.0 Å². The maximum atomic E-state index is 11.7. The first-order valence-electron chi connectivity index (χ1n) is 7.82. The third-order valence-electron chi connectivity index (χ3n) is 4.89. The number of likely N-dealkylation sites (tertiary alicyclic amines) is 1. The van der Waals surface area contributed by atoms with Crippen LogP contribution in [-0.4, -0.2) is 41.4 Å². The van der Waals surface area contributed by atoms with E-state index in [0.717, 1.165) is 44.6 Å². The number of carboxylic acids is 1. The van der Waals surface area contributed by atoms with Crippen LogP contribution >= 0.6 is 11.8 Å². The van der Waals surface area contributed by atoms with Crippen molar-refractivity contribution in [1.29, 1.82) is 0 Å². The average Bonchev–Trinajstić information content (AvgIpc) is 3.06. The second-order valence-corrected chi connectivity index (χ2v) is 7.43. The highest BCUT2D eigenvalue weighted by Crippen LogP contribution is 2.42. The van der Waals surface area contributed by atoms with Gasteiger partial charge in [0, 0.05) is 29.7 Å². The molecular formula is C17H23NO2S. The topological polar surface area (TPSA) is 40.5 Å². The minimum Gasteiger partial charge on any atom is -0.481 e. The molecule has 114 valence electrons. The van der Waals surface area contributed by atoms with Gasteiger partial charge in [-0.25, -0.2) is 0 Å². The number of fused-ring (bicyclic) bond motifs is 1. The number of carboxylic acid groups (broad SMARTS) is 1. The molecule has 2 aliphatic rings. The lowest BCUT2D eigenvalue weighted by Crippen LogP contribution is -2.36. The van der Waals surface area contributed by atoms with Crippen LogP contribution in [-0.2, 0) is 4.79 Å². The minimum absolute atomic E-state index is 0.500. The third-order valence-corrected chi connectivity index (χ3v) is 6.14. The van der Waals surface area contributed by atoms with Crippen LogP contribution in [0.15, 0.2) is 29.2 Å². The van der Waals surface area contributed by atoms with E-state index < -0.39 is 11.4 Å². The van der Waals surface area contributed by atoms with Crippen molar-refractivity contribution in [2.45, 2.75) is 37.0 Å². The summed E-state index contributed by atoms with van der Waals surface area (Å²) in [7, 11) is 0. The van der Waals surface area contributed by atoms with E-state index in [1.165, 1.54) is 10.5 Å². The summed E-state index contributed by atoms with van der Waals surface area (Å²) in [6.07, 6.45) is 2.55. The van der Waals surface area contributed by atoms with Crippen LogP contribution < -0.4 is 0 Å². The highest BCUT2D eigenvalue weighted by atomic mass is 32.2. The number of rotatable bonds is 5. The van der Waals surface area contributed by atoms with Crippen molar-refractivity contribution in [1.82, 2.24) is 4.90 Å². The second kappa shape index (κ2) is 6.01. The van der Waals surface area contributed by atoms with Gasteiger partial charge in [-0.1, -0.05) is 31.5 Å². The minimum atomic E-state index is -0.604. The van der Waals surface area contributed by atoms with Gasteiger partial charge >= 0.3 is 5.97 Å². The number of hydrogen-bond donors (Lipinski definition) is 1. The Labute approximate surface area is 130 Å². The highest BCUT2D eigenvalue weighted by molar-refractivity contribution is 7.99. The number of carbonyl (C=O) groups is 1. The molecule has 1 aromatic rings. The van der Waals surface area contributed by atoms with Gasteiger partial charge in [-0.15, -0.1) is 11.8 Å². The maximum Gasteiger partial charge on any atom is 0.310 e. The Morgan fingerprint density at radius 3 is 3.05 bits per heavy atom. The van der Waals surface area contributed by atoms with Gasteiger partial charge in [0.25, 0.3) is 0 Å². The Bertz CT molecular complexity index is 533. The molecule has 1 fully saturated rings. The summed E-state index contributed by atoms with van der Waals surface area (Å²) in [6, 6.07) is 8.64. The summed E-state index contributed by atoms with van der Waals surface area (Å²) in [5, 5.41) is 9.60. The van der Waals surface area contributed by atoms with Gasteiger partial charge in [-0.3, -0.25) is 4.79 Å². The molecule has 2 aliphatic heterocycles. The SMILES string of the molecule is CCCC1(C(=O)O)CCN(CC2CSc3ccccc32)C1. The number of aliphatic carboxylic acids is 1. The molecule has 3 nitrogen and oxygen atoms in total. The summed E-state index contributed by atoms with van der Waals surface area (Å²) in [5.41, 5.74) is 0.950. The lowest BCUT2D eigenvalue weighted by atomic mass is 9.83. The summed E-state index contributed by atoms with van der Waals surface area (Å²) in [4.78, 5) is 15.4. The molecular weight excluding hydrogens is 282 g/mol. The average molecular weight is 305 g/mol. The van der Waals surface area contributed by atoms with Crippen LogP contribution in [0, 0.1) is 5.41 Å². The zero-order chi connectivity index (χ0) is 14.9. The first-order chi connectivity index (χ1) is 10.1. The van der Waals surface area contributed by atoms with E-state index in [0.29, 0.717) is 5.92 Å². The Morgan fingerprint density at radius 1 is 1.48 bits per heavy atom. The molecule has 1 N–H and O–H groups in total. The third kappa shape index (κ3) is 2.84. The lowest BCUT2D eigenvalue weighted by Gasteiger charge is -2.25. The fourth-order valence-electron chi connectivity index (χ4n) is 3.77. The van der Waals surface area contributed by atoms with Crippen LogP contribution in [0.2, 0.25) is 0 Å². The zero-order valence-electron chi connectivity index (χ0n) is 12.5. The second-order valence-electron chi connectivity index (χ2n) is 6.37.